The fourth-order valence-corrected chi connectivity index (χ4v) is 3.31. The number of carbonyl (C=O) groups excluding carboxylic acids is 4. The van der Waals surface area contributed by atoms with Crippen LogP contribution in [-0.2, 0) is 24.0 Å². The normalized spacial score (nSPS) is 14.8. The van der Waals surface area contributed by atoms with Gasteiger partial charge in [-0.2, -0.15) is 0 Å². The highest BCUT2D eigenvalue weighted by Gasteiger charge is 2.32. The van der Waals surface area contributed by atoms with Gasteiger partial charge < -0.3 is 49.7 Å². The number of aliphatic carboxylic acids is 1. The minimum Gasteiger partial charge on any atom is -0.480 e. The van der Waals surface area contributed by atoms with E-state index >= 15 is 0 Å². The fraction of sp³-hybridized carbons (Fsp3) is 0.727. The van der Waals surface area contributed by atoms with Gasteiger partial charge in [0, 0.05) is 6.54 Å². The van der Waals surface area contributed by atoms with Crippen molar-refractivity contribution in [2.75, 3.05) is 13.1 Å². The lowest BCUT2D eigenvalue weighted by molar-refractivity contribution is -0.144. The average Bonchev–Trinajstić information content (AvgIpc) is 2.82. The highest BCUT2D eigenvalue weighted by molar-refractivity contribution is 5.96. The number of primary amides is 1. The van der Waals surface area contributed by atoms with E-state index in [2.05, 4.69) is 20.9 Å². The zero-order valence-electron chi connectivity index (χ0n) is 21.6. The minimum atomic E-state index is -1.40. The molecule has 4 amide bonds. The van der Waals surface area contributed by atoms with Crippen LogP contribution in [0.1, 0.15) is 58.8 Å². The van der Waals surface area contributed by atoms with Gasteiger partial charge in [0.15, 0.2) is 5.96 Å². The number of guanidine groups is 1. The molecular formula is C22H43N9O6. The summed E-state index contributed by atoms with van der Waals surface area (Å²) in [6.07, 6.45) is 1.81. The maximum atomic E-state index is 13.0. The number of hydrogen-bond acceptors (Lipinski definition) is 8. The van der Waals surface area contributed by atoms with Crippen LogP contribution in [0.15, 0.2) is 4.99 Å². The molecule has 15 nitrogen and oxygen atoms in total. The number of nitrogens with two attached hydrogens (primary N) is 5. The largest absolute Gasteiger partial charge is 0.480 e. The van der Waals surface area contributed by atoms with Gasteiger partial charge in [-0.1, -0.05) is 26.7 Å². The van der Waals surface area contributed by atoms with E-state index in [9.17, 15) is 29.1 Å². The van der Waals surface area contributed by atoms with Gasteiger partial charge in [-0.25, -0.2) is 4.79 Å². The maximum Gasteiger partial charge on any atom is 0.326 e. The molecule has 37 heavy (non-hydrogen) atoms. The SMILES string of the molecule is CCC(C)C(NC(=O)C(CCCN=C(N)N)NC(=O)C(CC(N)=O)NC(=O)C(N)CCCCN)C(=O)O. The Hall–Kier alpha value is -3.46. The molecule has 5 unspecified atom stereocenters. The standard InChI is InChI=1S/C22H43N9O6/c1-3-12(2)17(21(36)37)31-19(34)14(8-6-10-28-22(26)27)29-20(35)15(11-16(25)32)30-18(33)13(24)7-4-5-9-23/h12-15,17H,3-11,23-24H2,1-2H3,(H2,25,32)(H,29,35)(H,30,33)(H,31,34)(H,36,37)(H4,26,27,28). The molecule has 0 aromatic carbocycles. The van der Waals surface area contributed by atoms with Crippen LogP contribution in [-0.4, -0.2) is 77.9 Å². The van der Waals surface area contributed by atoms with E-state index in [0.29, 0.717) is 32.2 Å². The second kappa shape index (κ2) is 17.9. The van der Waals surface area contributed by atoms with Crippen LogP contribution >= 0.6 is 0 Å². The van der Waals surface area contributed by atoms with E-state index in [0.717, 1.165) is 0 Å². The smallest absolute Gasteiger partial charge is 0.326 e. The quantitative estimate of drug-likeness (QED) is 0.0463. The summed E-state index contributed by atoms with van der Waals surface area (Å²) < 4.78 is 0. The summed E-state index contributed by atoms with van der Waals surface area (Å²) in [5.41, 5.74) is 27.2. The van der Waals surface area contributed by atoms with Crippen molar-refractivity contribution in [2.24, 2.45) is 39.6 Å². The lowest BCUT2D eigenvalue weighted by atomic mass is 9.98. The second-order valence-corrected chi connectivity index (χ2v) is 8.84. The van der Waals surface area contributed by atoms with Crippen LogP contribution in [0.25, 0.3) is 0 Å². The molecule has 212 valence electrons. The molecule has 0 spiro atoms. The van der Waals surface area contributed by atoms with Crippen molar-refractivity contribution < 1.29 is 29.1 Å². The molecular weight excluding hydrogens is 486 g/mol. The van der Waals surface area contributed by atoms with Gasteiger partial charge in [0.2, 0.25) is 23.6 Å². The zero-order chi connectivity index (χ0) is 28.5. The van der Waals surface area contributed by atoms with Crippen LogP contribution < -0.4 is 44.6 Å². The summed E-state index contributed by atoms with van der Waals surface area (Å²) in [6.45, 7) is 4.03. The van der Waals surface area contributed by atoms with Crippen molar-refractivity contribution in [2.45, 2.75) is 83.0 Å². The molecule has 0 rings (SSSR count). The lowest BCUT2D eigenvalue weighted by Gasteiger charge is -2.26. The highest BCUT2D eigenvalue weighted by atomic mass is 16.4. The molecule has 0 aliphatic heterocycles. The van der Waals surface area contributed by atoms with E-state index in [1.54, 1.807) is 13.8 Å². The molecule has 0 radical (unpaired) electrons. The highest BCUT2D eigenvalue weighted by Crippen LogP contribution is 2.10. The summed E-state index contributed by atoms with van der Waals surface area (Å²) in [7, 11) is 0. The molecule has 0 bridgehead atoms. The van der Waals surface area contributed by atoms with Crippen molar-refractivity contribution in [3.05, 3.63) is 0 Å². The number of nitrogens with zero attached hydrogens (tertiary/aromatic N) is 1. The van der Waals surface area contributed by atoms with Gasteiger partial charge in [-0.05, 0) is 38.1 Å². The third-order valence-corrected chi connectivity index (χ3v) is 5.70. The van der Waals surface area contributed by atoms with Crippen molar-refractivity contribution in [3.8, 4) is 0 Å². The maximum absolute atomic E-state index is 13.0. The van der Waals surface area contributed by atoms with Gasteiger partial charge in [0.05, 0.1) is 12.5 Å². The molecule has 0 saturated heterocycles. The Morgan fingerprint density at radius 2 is 1.46 bits per heavy atom. The van der Waals surface area contributed by atoms with Crippen molar-refractivity contribution in [3.63, 3.8) is 0 Å². The predicted octanol–water partition coefficient (Wildman–Crippen LogP) is -3.04. The van der Waals surface area contributed by atoms with Gasteiger partial charge >= 0.3 is 5.97 Å². The number of hydrogen-bond donors (Lipinski definition) is 9. The topological polar surface area (TPSA) is 284 Å². The van der Waals surface area contributed by atoms with Crippen molar-refractivity contribution in [1.82, 2.24) is 16.0 Å². The lowest BCUT2D eigenvalue weighted by Crippen LogP contribution is -2.58. The van der Waals surface area contributed by atoms with Crippen LogP contribution in [0.2, 0.25) is 0 Å². The molecule has 0 aliphatic carbocycles. The van der Waals surface area contributed by atoms with E-state index in [1.165, 1.54) is 0 Å². The van der Waals surface area contributed by atoms with E-state index in [-0.39, 0.29) is 31.3 Å². The third-order valence-electron chi connectivity index (χ3n) is 5.70. The summed E-state index contributed by atoms with van der Waals surface area (Å²) in [5, 5.41) is 16.8. The number of nitrogens with one attached hydrogen (secondary N) is 3. The second-order valence-electron chi connectivity index (χ2n) is 8.84. The molecule has 15 heteroatoms. The molecule has 14 N–H and O–H groups in total. The summed E-state index contributed by atoms with van der Waals surface area (Å²) in [5.74, 6) is -4.92. The molecule has 0 heterocycles. The Labute approximate surface area is 216 Å². The first-order chi connectivity index (χ1) is 17.3. The zero-order valence-corrected chi connectivity index (χ0v) is 21.6. The van der Waals surface area contributed by atoms with Gasteiger partial charge in [-0.15, -0.1) is 0 Å². The number of unbranched alkanes of at least 4 members (excludes halogenated alkanes) is 1. The average molecular weight is 530 g/mol. The predicted molar refractivity (Wildman–Crippen MR) is 137 cm³/mol. The summed E-state index contributed by atoms with van der Waals surface area (Å²) >= 11 is 0. The van der Waals surface area contributed by atoms with E-state index < -0.39 is 60.2 Å². The van der Waals surface area contributed by atoms with Crippen molar-refractivity contribution in [1.29, 1.82) is 0 Å². The Kier molecular flexibility index (Phi) is 16.2. The number of carboxylic acids is 1. The van der Waals surface area contributed by atoms with Crippen molar-refractivity contribution >= 4 is 35.6 Å². The van der Waals surface area contributed by atoms with E-state index in [1.807, 2.05) is 0 Å². The molecule has 0 fully saturated rings. The van der Waals surface area contributed by atoms with E-state index in [4.69, 9.17) is 28.7 Å². The first-order valence-corrected chi connectivity index (χ1v) is 12.3. The monoisotopic (exact) mass is 529 g/mol. The first kappa shape index (κ1) is 33.5. The van der Waals surface area contributed by atoms with Gasteiger partial charge in [0.1, 0.15) is 18.1 Å². The van der Waals surface area contributed by atoms with Gasteiger partial charge in [0.25, 0.3) is 0 Å². The Bertz CT molecular complexity index is 804. The van der Waals surface area contributed by atoms with Gasteiger partial charge in [-0.3, -0.25) is 24.2 Å². The molecule has 0 aliphatic rings. The van der Waals surface area contributed by atoms with Crippen LogP contribution in [0.5, 0.6) is 0 Å². The Morgan fingerprint density at radius 1 is 0.865 bits per heavy atom. The fourth-order valence-electron chi connectivity index (χ4n) is 3.31. The molecule has 0 aromatic rings. The minimum absolute atomic E-state index is 0.0387. The molecule has 0 aromatic heterocycles. The number of amides is 4. The number of rotatable bonds is 19. The number of aliphatic imine (C=N–C) groups is 1. The van der Waals surface area contributed by atoms with Crippen LogP contribution in [0.3, 0.4) is 0 Å². The Balaban J connectivity index is 5.63. The van der Waals surface area contributed by atoms with Crippen LogP contribution in [0.4, 0.5) is 0 Å². The number of carbonyl (C=O) groups is 5. The van der Waals surface area contributed by atoms with Crippen LogP contribution in [0, 0.1) is 5.92 Å². The molecule has 5 atom stereocenters. The number of carboxylic acid groups (broad SMARTS) is 1. The summed E-state index contributed by atoms with van der Waals surface area (Å²) in [6, 6.07) is -4.75. The first-order valence-electron chi connectivity index (χ1n) is 12.3. The molecule has 0 saturated carbocycles. The Morgan fingerprint density at radius 3 is 1.97 bits per heavy atom. The third kappa shape index (κ3) is 14.0. The summed E-state index contributed by atoms with van der Waals surface area (Å²) in [4.78, 5) is 65.5.